The molecule has 1 heterocycles. The van der Waals surface area contributed by atoms with Crippen LogP contribution in [0.4, 0.5) is 5.69 Å². The van der Waals surface area contributed by atoms with Crippen LogP contribution >= 0.6 is 0 Å². The molecule has 0 radical (unpaired) electrons. The van der Waals surface area contributed by atoms with Crippen molar-refractivity contribution in [2.24, 2.45) is 0 Å². The molecule has 1 fully saturated rings. The van der Waals surface area contributed by atoms with Crippen molar-refractivity contribution in [1.29, 1.82) is 0 Å². The molecule has 1 saturated heterocycles. The van der Waals surface area contributed by atoms with E-state index < -0.39 is 0 Å². The number of benzene rings is 1. The highest BCUT2D eigenvalue weighted by Gasteiger charge is 2.13. The zero-order valence-electron chi connectivity index (χ0n) is 10.8. The third kappa shape index (κ3) is 3.13. The van der Waals surface area contributed by atoms with Crippen LogP contribution in [0.15, 0.2) is 18.2 Å². The van der Waals surface area contributed by atoms with Crippen LogP contribution in [-0.4, -0.2) is 26.2 Å². The first-order valence-corrected chi connectivity index (χ1v) is 6.42. The fraction of sp³-hybridized carbons (Fsp3) is 0.571. The summed E-state index contributed by atoms with van der Waals surface area (Å²) in [4.78, 5) is 0. The number of methoxy groups -OCH3 is 1. The molecule has 0 bridgehead atoms. The smallest absolute Gasteiger partial charge is 0.123 e. The van der Waals surface area contributed by atoms with Crippen LogP contribution < -0.4 is 15.4 Å². The van der Waals surface area contributed by atoms with Gasteiger partial charge in [-0.05, 0) is 51.4 Å². The first-order chi connectivity index (χ1) is 8.31. The summed E-state index contributed by atoms with van der Waals surface area (Å²) in [6.07, 6.45) is 3.68. The molecule has 1 atom stereocenters. The van der Waals surface area contributed by atoms with Gasteiger partial charge in [0.25, 0.3) is 0 Å². The minimum Gasteiger partial charge on any atom is -0.496 e. The molecule has 3 nitrogen and oxygen atoms in total. The van der Waals surface area contributed by atoms with Gasteiger partial charge in [0.15, 0.2) is 0 Å². The number of ether oxygens (including phenoxy) is 1. The van der Waals surface area contributed by atoms with Crippen LogP contribution in [0.5, 0.6) is 5.75 Å². The zero-order valence-corrected chi connectivity index (χ0v) is 10.8. The van der Waals surface area contributed by atoms with Gasteiger partial charge in [-0.25, -0.2) is 0 Å². The lowest BCUT2D eigenvalue weighted by Gasteiger charge is -2.20. The summed E-state index contributed by atoms with van der Waals surface area (Å²) in [5.74, 6) is 0.960. The summed E-state index contributed by atoms with van der Waals surface area (Å²) in [6, 6.07) is 6.77. The minimum atomic E-state index is 0.579. The quantitative estimate of drug-likeness (QED) is 0.843. The predicted octanol–water partition coefficient (Wildman–Crippen LogP) is 2.56. The van der Waals surface area contributed by atoms with Crippen LogP contribution in [0.25, 0.3) is 0 Å². The van der Waals surface area contributed by atoms with Crippen LogP contribution in [-0.2, 0) is 0 Å². The number of rotatable bonds is 3. The van der Waals surface area contributed by atoms with Crippen LogP contribution in [0.3, 0.4) is 0 Å². The van der Waals surface area contributed by atoms with Crippen LogP contribution in [0, 0.1) is 6.92 Å². The fourth-order valence-corrected chi connectivity index (χ4v) is 2.38. The van der Waals surface area contributed by atoms with Crippen molar-refractivity contribution in [1.82, 2.24) is 5.32 Å². The first kappa shape index (κ1) is 12.2. The zero-order chi connectivity index (χ0) is 12.1. The van der Waals surface area contributed by atoms with E-state index in [2.05, 4.69) is 23.6 Å². The standard InChI is InChI=1S/C14H22N2O/c1-11-13(6-3-7-14(11)17-2)16-12-5-4-9-15-10-8-12/h3,6-7,12,15-16H,4-5,8-10H2,1-2H3. The Morgan fingerprint density at radius 3 is 3.00 bits per heavy atom. The Hall–Kier alpha value is -1.22. The van der Waals surface area contributed by atoms with E-state index in [1.54, 1.807) is 7.11 Å². The van der Waals surface area contributed by atoms with Gasteiger partial charge in [-0.2, -0.15) is 0 Å². The van der Waals surface area contributed by atoms with Gasteiger partial charge in [0, 0.05) is 17.3 Å². The molecule has 1 aliphatic heterocycles. The number of hydrogen-bond acceptors (Lipinski definition) is 3. The first-order valence-electron chi connectivity index (χ1n) is 6.42. The number of anilines is 1. The predicted molar refractivity (Wildman–Crippen MR) is 71.9 cm³/mol. The maximum atomic E-state index is 5.35. The molecule has 1 aromatic rings. The lowest BCUT2D eigenvalue weighted by molar-refractivity contribution is 0.412. The summed E-state index contributed by atoms with van der Waals surface area (Å²) in [5.41, 5.74) is 2.41. The maximum Gasteiger partial charge on any atom is 0.123 e. The molecule has 0 aliphatic carbocycles. The van der Waals surface area contributed by atoms with Gasteiger partial charge in [0.1, 0.15) is 5.75 Å². The average molecular weight is 234 g/mol. The van der Waals surface area contributed by atoms with Gasteiger partial charge in [-0.3, -0.25) is 0 Å². The second-order valence-electron chi connectivity index (χ2n) is 4.65. The topological polar surface area (TPSA) is 33.3 Å². The molecule has 0 saturated carbocycles. The van der Waals surface area contributed by atoms with Crippen molar-refractivity contribution >= 4 is 5.69 Å². The highest BCUT2D eigenvalue weighted by Crippen LogP contribution is 2.26. The van der Waals surface area contributed by atoms with Crippen molar-refractivity contribution in [3.63, 3.8) is 0 Å². The summed E-state index contributed by atoms with van der Waals surface area (Å²) < 4.78 is 5.35. The molecule has 3 heteroatoms. The van der Waals surface area contributed by atoms with Gasteiger partial charge in [0.2, 0.25) is 0 Å². The summed E-state index contributed by atoms with van der Waals surface area (Å²) in [6.45, 7) is 4.37. The number of hydrogen-bond donors (Lipinski definition) is 2. The molecule has 17 heavy (non-hydrogen) atoms. The van der Waals surface area contributed by atoms with Gasteiger partial charge in [-0.1, -0.05) is 6.07 Å². The molecule has 94 valence electrons. The molecular formula is C14H22N2O. The van der Waals surface area contributed by atoms with E-state index >= 15 is 0 Å². The van der Waals surface area contributed by atoms with Gasteiger partial charge < -0.3 is 15.4 Å². The summed E-state index contributed by atoms with van der Waals surface area (Å²) in [5, 5.41) is 7.08. The fourth-order valence-electron chi connectivity index (χ4n) is 2.38. The Morgan fingerprint density at radius 1 is 1.29 bits per heavy atom. The molecular weight excluding hydrogens is 212 g/mol. The molecule has 0 aromatic heterocycles. The van der Waals surface area contributed by atoms with E-state index in [-0.39, 0.29) is 0 Å². The Balaban J connectivity index is 2.06. The lowest BCUT2D eigenvalue weighted by Crippen LogP contribution is -2.21. The second kappa shape index (κ2) is 5.92. The highest BCUT2D eigenvalue weighted by atomic mass is 16.5. The third-order valence-electron chi connectivity index (χ3n) is 3.44. The third-order valence-corrected chi connectivity index (χ3v) is 3.44. The number of nitrogens with one attached hydrogen (secondary N) is 2. The normalized spacial score (nSPS) is 20.7. The molecule has 1 aliphatic rings. The van der Waals surface area contributed by atoms with Crippen LogP contribution in [0.1, 0.15) is 24.8 Å². The van der Waals surface area contributed by atoms with E-state index in [4.69, 9.17) is 4.74 Å². The van der Waals surface area contributed by atoms with E-state index in [1.807, 2.05) is 12.1 Å². The summed E-state index contributed by atoms with van der Waals surface area (Å²) in [7, 11) is 1.72. The minimum absolute atomic E-state index is 0.579. The van der Waals surface area contributed by atoms with Crippen molar-refractivity contribution in [3.05, 3.63) is 23.8 Å². The van der Waals surface area contributed by atoms with Crippen molar-refractivity contribution in [2.75, 3.05) is 25.5 Å². The van der Waals surface area contributed by atoms with E-state index in [1.165, 1.54) is 30.5 Å². The Morgan fingerprint density at radius 2 is 2.18 bits per heavy atom. The maximum absolute atomic E-state index is 5.35. The Kier molecular flexibility index (Phi) is 4.26. The molecule has 2 rings (SSSR count). The van der Waals surface area contributed by atoms with E-state index in [0.717, 1.165) is 18.8 Å². The van der Waals surface area contributed by atoms with Gasteiger partial charge >= 0.3 is 0 Å². The van der Waals surface area contributed by atoms with Gasteiger partial charge in [-0.15, -0.1) is 0 Å². The average Bonchev–Trinajstić information content (AvgIpc) is 2.60. The van der Waals surface area contributed by atoms with Crippen molar-refractivity contribution in [2.45, 2.75) is 32.2 Å². The highest BCUT2D eigenvalue weighted by molar-refractivity contribution is 5.57. The largest absolute Gasteiger partial charge is 0.496 e. The molecule has 0 spiro atoms. The van der Waals surface area contributed by atoms with Crippen molar-refractivity contribution < 1.29 is 4.74 Å². The monoisotopic (exact) mass is 234 g/mol. The molecule has 2 N–H and O–H groups in total. The Bertz CT molecular complexity index is 357. The molecule has 0 amide bonds. The van der Waals surface area contributed by atoms with E-state index in [0.29, 0.717) is 6.04 Å². The SMILES string of the molecule is COc1cccc(NC2CCCNCC2)c1C. The second-order valence-corrected chi connectivity index (χ2v) is 4.65. The van der Waals surface area contributed by atoms with Crippen LogP contribution in [0.2, 0.25) is 0 Å². The Labute approximate surface area is 104 Å². The van der Waals surface area contributed by atoms with E-state index in [9.17, 15) is 0 Å². The van der Waals surface area contributed by atoms with Crippen molar-refractivity contribution in [3.8, 4) is 5.75 Å². The lowest BCUT2D eigenvalue weighted by atomic mass is 10.1. The molecule has 1 unspecified atom stereocenters. The van der Waals surface area contributed by atoms with Gasteiger partial charge in [0.05, 0.1) is 7.11 Å². The summed E-state index contributed by atoms with van der Waals surface area (Å²) >= 11 is 0. The molecule has 1 aromatic carbocycles.